The summed E-state index contributed by atoms with van der Waals surface area (Å²) >= 11 is 0. The summed E-state index contributed by atoms with van der Waals surface area (Å²) in [5, 5.41) is 0. The molecule has 218 valence electrons. The van der Waals surface area contributed by atoms with E-state index in [4.69, 9.17) is 18.9 Å². The third-order valence-electron chi connectivity index (χ3n) is 8.52. The second kappa shape index (κ2) is 12.9. The van der Waals surface area contributed by atoms with Crippen LogP contribution in [0.4, 0.5) is 5.69 Å². The first-order chi connectivity index (χ1) is 19.9. The molecular formula is C34H42N2O5. The molecular weight excluding hydrogens is 516 g/mol. The third kappa shape index (κ3) is 6.15. The first-order valence-corrected chi connectivity index (χ1v) is 14.6. The van der Waals surface area contributed by atoms with Gasteiger partial charge in [0.2, 0.25) is 0 Å². The number of fused-ring (bicyclic) bond motifs is 1. The molecule has 2 heterocycles. The number of esters is 1. The topological polar surface area (TPSA) is 60.5 Å². The lowest BCUT2D eigenvalue weighted by Crippen LogP contribution is -2.31. The van der Waals surface area contributed by atoms with Gasteiger partial charge in [-0.3, -0.25) is 4.79 Å². The number of ether oxygens (including phenoxy) is 4. The zero-order valence-electron chi connectivity index (χ0n) is 24.9. The Hall–Kier alpha value is -3.71. The minimum atomic E-state index is -0.257. The molecule has 1 fully saturated rings. The van der Waals surface area contributed by atoms with Crippen molar-refractivity contribution in [3.05, 3.63) is 76.9 Å². The molecule has 0 N–H and O–H groups in total. The number of rotatable bonds is 10. The molecule has 2 aliphatic heterocycles. The van der Waals surface area contributed by atoms with Crippen LogP contribution in [0.15, 0.2) is 54.6 Å². The average Bonchev–Trinajstić information content (AvgIpc) is 3.01. The average molecular weight is 559 g/mol. The maximum Gasteiger partial charge on any atom is 0.312 e. The quantitative estimate of drug-likeness (QED) is 0.216. The summed E-state index contributed by atoms with van der Waals surface area (Å²) in [4.78, 5) is 17.9. The van der Waals surface area contributed by atoms with Crippen molar-refractivity contribution in [3.63, 3.8) is 0 Å². The van der Waals surface area contributed by atoms with E-state index < -0.39 is 0 Å². The maximum atomic E-state index is 13.2. The number of methoxy groups -OCH3 is 3. The van der Waals surface area contributed by atoms with Crippen molar-refractivity contribution in [2.24, 2.45) is 0 Å². The van der Waals surface area contributed by atoms with Gasteiger partial charge in [-0.25, -0.2) is 0 Å². The number of benzene rings is 3. The highest BCUT2D eigenvalue weighted by atomic mass is 16.5. The van der Waals surface area contributed by atoms with Crippen molar-refractivity contribution < 1.29 is 23.7 Å². The maximum absolute atomic E-state index is 13.2. The molecule has 0 aliphatic carbocycles. The summed E-state index contributed by atoms with van der Waals surface area (Å²) in [6.07, 6.45) is 4.89. The lowest BCUT2D eigenvalue weighted by atomic mass is 9.80. The van der Waals surface area contributed by atoms with Crippen LogP contribution >= 0.6 is 0 Å². The van der Waals surface area contributed by atoms with Gasteiger partial charge < -0.3 is 28.7 Å². The lowest BCUT2D eigenvalue weighted by molar-refractivity contribution is -0.135. The summed E-state index contributed by atoms with van der Waals surface area (Å²) in [6, 6.07) is 18.5. The summed E-state index contributed by atoms with van der Waals surface area (Å²) < 4.78 is 23.5. The second-order valence-electron chi connectivity index (χ2n) is 11.2. The Bertz CT molecular complexity index is 1330. The fraction of sp³-hybridized carbons (Fsp3) is 0.441. The van der Waals surface area contributed by atoms with E-state index in [0.29, 0.717) is 17.2 Å². The Kier molecular flexibility index (Phi) is 9.03. The molecule has 41 heavy (non-hydrogen) atoms. The van der Waals surface area contributed by atoms with Crippen LogP contribution in [0.3, 0.4) is 0 Å². The Labute approximate surface area is 244 Å². The van der Waals surface area contributed by atoms with E-state index in [1.165, 1.54) is 24.8 Å². The van der Waals surface area contributed by atoms with Gasteiger partial charge in [0.25, 0.3) is 0 Å². The minimum Gasteiger partial charge on any atom is -0.497 e. The van der Waals surface area contributed by atoms with E-state index in [0.717, 1.165) is 54.2 Å². The predicted molar refractivity (Wildman–Crippen MR) is 162 cm³/mol. The predicted octanol–water partition coefficient (Wildman–Crippen LogP) is 6.23. The third-order valence-corrected chi connectivity index (χ3v) is 8.52. The number of nitrogens with zero attached hydrogens (tertiary/aromatic N) is 2. The summed E-state index contributed by atoms with van der Waals surface area (Å²) in [5.74, 6) is 2.16. The smallest absolute Gasteiger partial charge is 0.312 e. The number of likely N-dealkylation sites (tertiary alicyclic amines) is 1. The van der Waals surface area contributed by atoms with E-state index in [-0.39, 0.29) is 24.2 Å². The van der Waals surface area contributed by atoms with Crippen LogP contribution in [0, 0.1) is 0 Å². The van der Waals surface area contributed by atoms with Crippen LogP contribution in [0.1, 0.15) is 66.2 Å². The highest BCUT2D eigenvalue weighted by Gasteiger charge is 2.37. The molecule has 0 amide bonds. The SMILES string of the molecule is COc1ccc([C@H]2CC(=O)Oc3c([C@H](CCN4CCCCC4)c4ccc(N(C)C)cc4)c(OC)cc(OC)c32)cc1. The van der Waals surface area contributed by atoms with Gasteiger partial charge in [-0.2, -0.15) is 0 Å². The van der Waals surface area contributed by atoms with Crippen molar-refractivity contribution in [1.82, 2.24) is 4.90 Å². The lowest BCUT2D eigenvalue weighted by Gasteiger charge is -2.33. The highest BCUT2D eigenvalue weighted by Crippen LogP contribution is 2.53. The molecule has 3 aromatic rings. The molecule has 0 radical (unpaired) electrons. The second-order valence-corrected chi connectivity index (χ2v) is 11.2. The van der Waals surface area contributed by atoms with Crippen molar-refractivity contribution in [1.29, 1.82) is 0 Å². The van der Waals surface area contributed by atoms with Crippen molar-refractivity contribution in [2.75, 3.05) is 60.0 Å². The molecule has 0 aromatic heterocycles. The first-order valence-electron chi connectivity index (χ1n) is 14.6. The molecule has 0 unspecified atom stereocenters. The van der Waals surface area contributed by atoms with Gasteiger partial charge in [-0.15, -0.1) is 0 Å². The molecule has 2 aliphatic rings. The van der Waals surface area contributed by atoms with E-state index in [1.807, 2.05) is 44.4 Å². The van der Waals surface area contributed by atoms with Gasteiger partial charge >= 0.3 is 5.97 Å². The van der Waals surface area contributed by atoms with Crippen LogP contribution in [0.2, 0.25) is 0 Å². The van der Waals surface area contributed by atoms with E-state index in [1.54, 1.807) is 21.3 Å². The molecule has 7 heteroatoms. The van der Waals surface area contributed by atoms with Gasteiger partial charge in [0.15, 0.2) is 0 Å². The number of piperidine rings is 1. The van der Waals surface area contributed by atoms with Crippen LogP contribution in [-0.4, -0.2) is 65.9 Å². The van der Waals surface area contributed by atoms with Crippen LogP contribution in [-0.2, 0) is 4.79 Å². The Morgan fingerprint density at radius 2 is 1.59 bits per heavy atom. The zero-order chi connectivity index (χ0) is 28.9. The number of carbonyl (C=O) groups is 1. The van der Waals surface area contributed by atoms with E-state index in [2.05, 4.69) is 34.1 Å². The van der Waals surface area contributed by atoms with Crippen LogP contribution in [0.5, 0.6) is 23.0 Å². The standard InChI is InChI=1S/C34H42N2O5/c1-35(2)25-13-9-23(10-14-25)27(17-20-36-18-7-6-8-19-36)32-29(39-4)22-30(40-5)33-28(21-31(37)41-34(32)33)24-11-15-26(38-3)16-12-24/h9-16,22,27-28H,6-8,17-21H2,1-5H3/t27-,28-/m1/s1. The molecule has 5 rings (SSSR count). The van der Waals surface area contributed by atoms with E-state index >= 15 is 0 Å². The monoisotopic (exact) mass is 558 g/mol. The summed E-state index contributed by atoms with van der Waals surface area (Å²) in [6.45, 7) is 3.21. The Morgan fingerprint density at radius 1 is 0.902 bits per heavy atom. The van der Waals surface area contributed by atoms with Crippen molar-refractivity contribution in [2.45, 2.75) is 43.9 Å². The van der Waals surface area contributed by atoms with E-state index in [9.17, 15) is 4.79 Å². The fourth-order valence-electron chi connectivity index (χ4n) is 6.27. The highest BCUT2D eigenvalue weighted by molar-refractivity contribution is 5.81. The van der Waals surface area contributed by atoms with Gasteiger partial charge in [-0.1, -0.05) is 30.7 Å². The van der Waals surface area contributed by atoms with Crippen molar-refractivity contribution in [3.8, 4) is 23.0 Å². The molecule has 1 saturated heterocycles. The molecule has 0 bridgehead atoms. The Balaban J connectivity index is 1.66. The molecule has 3 aromatic carbocycles. The fourth-order valence-corrected chi connectivity index (χ4v) is 6.27. The largest absolute Gasteiger partial charge is 0.497 e. The number of hydrogen-bond donors (Lipinski definition) is 0. The molecule has 7 nitrogen and oxygen atoms in total. The van der Waals surface area contributed by atoms with Crippen molar-refractivity contribution >= 4 is 11.7 Å². The molecule has 0 spiro atoms. The first kappa shape index (κ1) is 28.8. The number of anilines is 1. The van der Waals surface area contributed by atoms with Gasteiger partial charge in [-0.05, 0) is 74.3 Å². The van der Waals surface area contributed by atoms with Crippen LogP contribution < -0.4 is 23.8 Å². The summed E-state index contributed by atoms with van der Waals surface area (Å²) in [7, 11) is 9.07. The number of carbonyl (C=O) groups excluding carboxylic acids is 1. The van der Waals surface area contributed by atoms with Crippen LogP contribution in [0.25, 0.3) is 0 Å². The van der Waals surface area contributed by atoms with Gasteiger partial charge in [0.05, 0.1) is 27.8 Å². The number of hydrogen-bond acceptors (Lipinski definition) is 7. The van der Waals surface area contributed by atoms with Gasteiger partial charge in [0, 0.05) is 48.8 Å². The minimum absolute atomic E-state index is 0.0369. The zero-order valence-corrected chi connectivity index (χ0v) is 24.9. The Morgan fingerprint density at radius 3 is 2.20 bits per heavy atom. The van der Waals surface area contributed by atoms with Gasteiger partial charge in [0.1, 0.15) is 23.0 Å². The molecule has 0 saturated carbocycles. The summed E-state index contributed by atoms with van der Waals surface area (Å²) in [5.41, 5.74) is 5.11. The normalized spacial score (nSPS) is 17.8. The molecule has 2 atom stereocenters.